The number of aliphatic hydroxyl groups is 2. The van der Waals surface area contributed by atoms with E-state index in [9.17, 15) is 0 Å². The fourth-order valence-electron chi connectivity index (χ4n) is 1.91. The lowest BCUT2D eigenvalue weighted by Gasteiger charge is -2.27. The summed E-state index contributed by atoms with van der Waals surface area (Å²) >= 11 is 0. The first-order valence-electron chi connectivity index (χ1n) is 5.46. The molecule has 88 valence electrons. The summed E-state index contributed by atoms with van der Waals surface area (Å²) in [4.78, 5) is 1.89. The molecule has 0 fully saturated rings. The van der Waals surface area contributed by atoms with Crippen molar-refractivity contribution in [2.45, 2.75) is 12.5 Å². The van der Waals surface area contributed by atoms with Crippen LogP contribution in [0.1, 0.15) is 5.56 Å². The molecule has 0 spiro atoms. The van der Waals surface area contributed by atoms with Crippen LogP contribution < -0.4 is 9.64 Å². The van der Waals surface area contributed by atoms with Gasteiger partial charge in [-0.2, -0.15) is 0 Å². The van der Waals surface area contributed by atoms with Gasteiger partial charge in [-0.3, -0.25) is 0 Å². The Balaban J connectivity index is 2.20. The molecule has 2 rings (SSSR count). The van der Waals surface area contributed by atoms with Crippen LogP contribution in [-0.4, -0.2) is 43.1 Å². The van der Waals surface area contributed by atoms with Crippen molar-refractivity contribution >= 4 is 5.69 Å². The van der Waals surface area contributed by atoms with Gasteiger partial charge in [0.25, 0.3) is 0 Å². The molecule has 4 heteroatoms. The van der Waals surface area contributed by atoms with Crippen LogP contribution in [0.15, 0.2) is 18.2 Å². The van der Waals surface area contributed by atoms with Gasteiger partial charge in [0.05, 0.1) is 25.9 Å². The SMILES string of the molecule is CN(c1ccc2c(c1)CCO2)C(CO)CO. The van der Waals surface area contributed by atoms with Crippen molar-refractivity contribution in [3.05, 3.63) is 23.8 Å². The van der Waals surface area contributed by atoms with Crippen LogP contribution >= 0.6 is 0 Å². The molecule has 1 aromatic carbocycles. The molecule has 0 unspecified atom stereocenters. The molecular weight excluding hydrogens is 206 g/mol. The van der Waals surface area contributed by atoms with E-state index < -0.39 is 0 Å². The molecule has 0 radical (unpaired) electrons. The monoisotopic (exact) mass is 223 g/mol. The van der Waals surface area contributed by atoms with Crippen molar-refractivity contribution in [3.8, 4) is 5.75 Å². The summed E-state index contributed by atoms with van der Waals surface area (Å²) in [5.74, 6) is 0.946. The van der Waals surface area contributed by atoms with E-state index in [4.69, 9.17) is 14.9 Å². The second kappa shape index (κ2) is 4.72. The van der Waals surface area contributed by atoms with Gasteiger partial charge in [0.2, 0.25) is 0 Å². The van der Waals surface area contributed by atoms with Crippen LogP contribution in [0, 0.1) is 0 Å². The first-order valence-corrected chi connectivity index (χ1v) is 5.46. The van der Waals surface area contributed by atoms with E-state index in [1.165, 1.54) is 5.56 Å². The number of ether oxygens (including phenoxy) is 1. The number of likely N-dealkylation sites (N-methyl/N-ethyl adjacent to an activating group) is 1. The fourth-order valence-corrected chi connectivity index (χ4v) is 1.91. The number of nitrogens with zero attached hydrogens (tertiary/aromatic N) is 1. The largest absolute Gasteiger partial charge is 0.493 e. The minimum Gasteiger partial charge on any atom is -0.493 e. The average molecular weight is 223 g/mol. The van der Waals surface area contributed by atoms with E-state index in [2.05, 4.69) is 6.07 Å². The van der Waals surface area contributed by atoms with Crippen LogP contribution in [0.3, 0.4) is 0 Å². The number of hydrogen-bond donors (Lipinski definition) is 2. The topological polar surface area (TPSA) is 52.9 Å². The van der Waals surface area contributed by atoms with Gasteiger partial charge in [0.1, 0.15) is 5.75 Å². The third-order valence-electron chi connectivity index (χ3n) is 3.05. The Labute approximate surface area is 95.1 Å². The number of hydrogen-bond acceptors (Lipinski definition) is 4. The van der Waals surface area contributed by atoms with E-state index in [0.29, 0.717) is 0 Å². The highest BCUT2D eigenvalue weighted by Gasteiger charge is 2.17. The summed E-state index contributed by atoms with van der Waals surface area (Å²) in [5.41, 5.74) is 2.19. The first-order chi connectivity index (χ1) is 7.76. The Hall–Kier alpha value is -1.26. The lowest BCUT2D eigenvalue weighted by molar-refractivity contribution is 0.191. The lowest BCUT2D eigenvalue weighted by atomic mass is 10.1. The highest BCUT2D eigenvalue weighted by Crippen LogP contribution is 2.29. The zero-order valence-electron chi connectivity index (χ0n) is 9.39. The molecule has 16 heavy (non-hydrogen) atoms. The maximum absolute atomic E-state index is 9.12. The van der Waals surface area contributed by atoms with Crippen molar-refractivity contribution in [2.75, 3.05) is 31.8 Å². The normalized spacial score (nSPS) is 13.8. The second-order valence-corrected chi connectivity index (χ2v) is 4.02. The highest BCUT2D eigenvalue weighted by atomic mass is 16.5. The van der Waals surface area contributed by atoms with Crippen LogP contribution in [0.25, 0.3) is 0 Å². The molecule has 0 atom stereocenters. The van der Waals surface area contributed by atoms with Gasteiger partial charge < -0.3 is 19.8 Å². The Bertz CT molecular complexity index is 363. The molecule has 0 bridgehead atoms. The third-order valence-corrected chi connectivity index (χ3v) is 3.05. The van der Waals surface area contributed by atoms with Crippen molar-refractivity contribution in [3.63, 3.8) is 0 Å². The molecule has 1 aliphatic heterocycles. The number of anilines is 1. The molecule has 4 nitrogen and oxygen atoms in total. The summed E-state index contributed by atoms with van der Waals surface area (Å²) in [6.07, 6.45) is 0.930. The number of rotatable bonds is 4. The average Bonchev–Trinajstić information content (AvgIpc) is 2.77. The van der Waals surface area contributed by atoms with Crippen molar-refractivity contribution in [1.29, 1.82) is 0 Å². The Morgan fingerprint density at radius 2 is 2.12 bits per heavy atom. The highest BCUT2D eigenvalue weighted by molar-refractivity contribution is 5.54. The summed E-state index contributed by atoms with van der Waals surface area (Å²) in [7, 11) is 1.87. The van der Waals surface area contributed by atoms with Gasteiger partial charge in [-0.15, -0.1) is 0 Å². The van der Waals surface area contributed by atoms with Crippen molar-refractivity contribution in [2.24, 2.45) is 0 Å². The minimum absolute atomic E-state index is 0.0550. The Morgan fingerprint density at radius 3 is 2.81 bits per heavy atom. The zero-order chi connectivity index (χ0) is 11.5. The van der Waals surface area contributed by atoms with Crippen LogP contribution in [0.5, 0.6) is 5.75 Å². The predicted octanol–water partition coefficient (Wildman–Crippen LogP) is 0.411. The molecule has 1 heterocycles. The van der Waals surface area contributed by atoms with Gasteiger partial charge in [0, 0.05) is 19.2 Å². The van der Waals surface area contributed by atoms with E-state index in [-0.39, 0.29) is 19.3 Å². The molecule has 0 aliphatic carbocycles. The van der Waals surface area contributed by atoms with E-state index in [1.54, 1.807) is 0 Å². The van der Waals surface area contributed by atoms with E-state index >= 15 is 0 Å². The van der Waals surface area contributed by atoms with Crippen LogP contribution in [0.4, 0.5) is 5.69 Å². The van der Waals surface area contributed by atoms with Crippen LogP contribution in [0.2, 0.25) is 0 Å². The maximum atomic E-state index is 9.12. The standard InChI is InChI=1S/C12H17NO3/c1-13(11(7-14)8-15)10-2-3-12-9(6-10)4-5-16-12/h2-3,6,11,14-15H,4-5,7-8H2,1H3. The van der Waals surface area contributed by atoms with E-state index in [0.717, 1.165) is 24.5 Å². The fraction of sp³-hybridized carbons (Fsp3) is 0.500. The Kier molecular flexibility index (Phi) is 3.31. The van der Waals surface area contributed by atoms with Gasteiger partial charge >= 0.3 is 0 Å². The van der Waals surface area contributed by atoms with Gasteiger partial charge in [-0.1, -0.05) is 0 Å². The molecule has 0 saturated carbocycles. The third kappa shape index (κ3) is 1.99. The molecule has 1 aliphatic rings. The maximum Gasteiger partial charge on any atom is 0.122 e. The molecule has 0 saturated heterocycles. The predicted molar refractivity (Wildman–Crippen MR) is 62.0 cm³/mol. The molecular formula is C12H17NO3. The number of aliphatic hydroxyl groups excluding tert-OH is 2. The molecule has 2 N–H and O–H groups in total. The molecule has 1 aromatic rings. The molecule has 0 aromatic heterocycles. The smallest absolute Gasteiger partial charge is 0.122 e. The quantitative estimate of drug-likeness (QED) is 0.776. The second-order valence-electron chi connectivity index (χ2n) is 4.02. The van der Waals surface area contributed by atoms with Crippen molar-refractivity contribution in [1.82, 2.24) is 0 Å². The Morgan fingerprint density at radius 1 is 1.38 bits per heavy atom. The van der Waals surface area contributed by atoms with Gasteiger partial charge in [-0.05, 0) is 23.8 Å². The summed E-state index contributed by atoms with van der Waals surface area (Å²) in [6.45, 7) is 0.632. The summed E-state index contributed by atoms with van der Waals surface area (Å²) in [6, 6.07) is 5.70. The number of fused-ring (bicyclic) bond motifs is 1. The van der Waals surface area contributed by atoms with Crippen molar-refractivity contribution < 1.29 is 14.9 Å². The van der Waals surface area contributed by atoms with Crippen LogP contribution in [-0.2, 0) is 6.42 Å². The van der Waals surface area contributed by atoms with Gasteiger partial charge in [-0.25, -0.2) is 0 Å². The summed E-state index contributed by atoms with van der Waals surface area (Å²) in [5, 5.41) is 18.2. The number of benzene rings is 1. The zero-order valence-corrected chi connectivity index (χ0v) is 9.39. The first kappa shape index (κ1) is 11.2. The lowest BCUT2D eigenvalue weighted by Crippen LogP contribution is -2.37. The van der Waals surface area contributed by atoms with E-state index in [1.807, 2.05) is 24.1 Å². The summed E-state index contributed by atoms with van der Waals surface area (Å²) < 4.78 is 5.43. The van der Waals surface area contributed by atoms with Gasteiger partial charge in [0.15, 0.2) is 0 Å². The minimum atomic E-state index is -0.250. The molecule has 0 amide bonds.